The number of hydrogen-bond donors (Lipinski definition) is 0. The average Bonchev–Trinajstić information content (AvgIpc) is 1.88. The molecule has 1 aromatic carbocycles. The molecule has 2 heteroatoms. The van der Waals surface area contributed by atoms with Crippen molar-refractivity contribution in [2.75, 3.05) is 19.0 Å². The van der Waals surface area contributed by atoms with E-state index in [-0.39, 0.29) is 0 Å². The van der Waals surface area contributed by atoms with E-state index in [2.05, 4.69) is 43.3 Å². The van der Waals surface area contributed by atoms with E-state index in [1.807, 2.05) is 0 Å². The van der Waals surface area contributed by atoms with Gasteiger partial charge in [-0.2, -0.15) is 0 Å². The summed E-state index contributed by atoms with van der Waals surface area (Å²) in [6, 6.07) is 8.61. The molecule has 0 spiro atoms. The van der Waals surface area contributed by atoms with Gasteiger partial charge in [-0.05, 0) is 0 Å². The van der Waals surface area contributed by atoms with Crippen LogP contribution in [0.3, 0.4) is 0 Å². The number of rotatable bonds is 1. The second-order valence-electron chi connectivity index (χ2n) is 2.44. The van der Waals surface area contributed by atoms with Crippen LogP contribution in [0, 0.1) is 0 Å². The molecule has 0 heterocycles. The van der Waals surface area contributed by atoms with Crippen molar-refractivity contribution in [3.63, 3.8) is 0 Å². The molecule has 0 aromatic heterocycles. The molecule has 0 aliphatic heterocycles. The molecule has 0 amide bonds. The monoisotopic (exact) mass is 240 g/mol. The van der Waals surface area contributed by atoms with E-state index in [1.165, 1.54) is 31.8 Å². The topological polar surface area (TPSA) is 3.24 Å². The number of nitrogens with zero attached hydrogens (tertiary/aromatic N) is 1. The van der Waals surface area contributed by atoms with Gasteiger partial charge < -0.3 is 0 Å². The van der Waals surface area contributed by atoms with Gasteiger partial charge in [-0.1, -0.05) is 0 Å². The molecule has 10 heavy (non-hydrogen) atoms. The Bertz CT molecular complexity index is 203. The van der Waals surface area contributed by atoms with Crippen LogP contribution in [0.15, 0.2) is 24.3 Å². The zero-order valence-corrected chi connectivity index (χ0v) is 9.11. The van der Waals surface area contributed by atoms with Crippen LogP contribution >= 0.6 is 0 Å². The Balaban J connectivity index is 2.89. The van der Waals surface area contributed by atoms with Crippen molar-refractivity contribution in [1.29, 1.82) is 0 Å². The number of benzene rings is 1. The molecule has 1 rings (SSSR count). The normalized spacial score (nSPS) is 9.50. The van der Waals surface area contributed by atoms with Crippen LogP contribution in [0.5, 0.6) is 0 Å². The molecular weight excluding hydrogens is 229 g/mol. The van der Waals surface area contributed by atoms with Crippen LogP contribution in [0.1, 0.15) is 0 Å². The summed E-state index contributed by atoms with van der Waals surface area (Å²) in [5, 5.41) is 0. The Hall–Kier alpha value is -0.181. The summed E-state index contributed by atoms with van der Waals surface area (Å²) in [5.41, 5.74) is 1.27. The summed E-state index contributed by atoms with van der Waals surface area (Å²) in [6.45, 7) is 0. The molecule has 3 radical (unpaired) electrons. The molecule has 0 bridgehead atoms. The van der Waals surface area contributed by atoms with E-state index < -0.39 is 0 Å². The molecule has 0 unspecified atom stereocenters. The van der Waals surface area contributed by atoms with Crippen LogP contribution in [0.4, 0.5) is 5.69 Å². The van der Waals surface area contributed by atoms with Crippen LogP contribution < -0.4 is 8.48 Å². The van der Waals surface area contributed by atoms with E-state index in [1.54, 1.807) is 0 Å². The average molecular weight is 239 g/mol. The minimum atomic E-state index is 1.27. The summed E-state index contributed by atoms with van der Waals surface area (Å²) in [4.78, 5) is 2.11. The number of hydrogen-bond acceptors (Lipinski definition) is 1. The molecule has 0 aliphatic rings. The van der Waals surface area contributed by atoms with E-state index in [4.69, 9.17) is 0 Å². The Morgan fingerprint density at radius 3 is 2.00 bits per heavy atom. The van der Waals surface area contributed by atoms with Gasteiger partial charge in [0.2, 0.25) is 0 Å². The first-order valence-corrected chi connectivity index (χ1v) is 4.62. The predicted octanol–water partition coefficient (Wildman–Crippen LogP) is 0.546. The van der Waals surface area contributed by atoms with Crippen molar-refractivity contribution in [2.45, 2.75) is 0 Å². The van der Waals surface area contributed by atoms with Crippen molar-refractivity contribution in [3.8, 4) is 0 Å². The third-order valence-electron chi connectivity index (χ3n) is 1.38. The van der Waals surface area contributed by atoms with Crippen LogP contribution in [0.25, 0.3) is 0 Å². The van der Waals surface area contributed by atoms with E-state index in [0.717, 1.165) is 0 Å². The summed E-state index contributed by atoms with van der Waals surface area (Å²) in [7, 11) is 4.11. The first kappa shape index (κ1) is 7.92. The van der Waals surface area contributed by atoms with Crippen LogP contribution in [-0.4, -0.2) is 36.6 Å². The SMILES string of the molecule is CN(C)c1cc[c]([Sn])cc1. The van der Waals surface area contributed by atoms with Crippen molar-refractivity contribution in [1.82, 2.24) is 0 Å². The molecule has 0 fully saturated rings. The second-order valence-corrected chi connectivity index (χ2v) is 4.09. The van der Waals surface area contributed by atoms with Gasteiger partial charge in [-0.15, -0.1) is 0 Å². The summed E-state index contributed by atoms with van der Waals surface area (Å²) < 4.78 is 1.40. The quantitative estimate of drug-likeness (QED) is 0.646. The first-order chi connectivity index (χ1) is 4.70. The molecule has 0 aliphatic carbocycles. The summed E-state index contributed by atoms with van der Waals surface area (Å²) in [5.74, 6) is 0. The number of anilines is 1. The van der Waals surface area contributed by atoms with Gasteiger partial charge >= 0.3 is 75.1 Å². The minimum absolute atomic E-state index is 1.27. The van der Waals surface area contributed by atoms with Crippen molar-refractivity contribution in [2.24, 2.45) is 0 Å². The fourth-order valence-electron chi connectivity index (χ4n) is 0.760. The second kappa shape index (κ2) is 3.28. The fourth-order valence-corrected chi connectivity index (χ4v) is 1.24. The zero-order chi connectivity index (χ0) is 7.56. The predicted molar refractivity (Wildman–Crippen MR) is 46.2 cm³/mol. The Labute approximate surface area is 75.1 Å². The third-order valence-corrected chi connectivity index (χ3v) is 2.34. The molecule has 1 nitrogen and oxygen atoms in total. The Morgan fingerprint density at radius 2 is 1.60 bits per heavy atom. The molecule has 1 aromatic rings. The first-order valence-electron chi connectivity index (χ1n) is 3.19. The van der Waals surface area contributed by atoms with Crippen LogP contribution in [-0.2, 0) is 0 Å². The van der Waals surface area contributed by atoms with Gasteiger partial charge in [-0.25, -0.2) is 0 Å². The van der Waals surface area contributed by atoms with E-state index in [9.17, 15) is 0 Å². The van der Waals surface area contributed by atoms with Gasteiger partial charge in [0.05, 0.1) is 0 Å². The van der Waals surface area contributed by atoms with Gasteiger partial charge in [0, 0.05) is 0 Å². The molecular formula is C8H10NSn. The van der Waals surface area contributed by atoms with E-state index >= 15 is 0 Å². The Kier molecular flexibility index (Phi) is 2.60. The zero-order valence-electron chi connectivity index (χ0n) is 6.26. The van der Waals surface area contributed by atoms with Gasteiger partial charge in [0.25, 0.3) is 0 Å². The molecule has 0 atom stereocenters. The molecule has 51 valence electrons. The molecule has 0 saturated heterocycles. The van der Waals surface area contributed by atoms with E-state index in [0.29, 0.717) is 0 Å². The third kappa shape index (κ3) is 1.90. The fraction of sp³-hybridized carbons (Fsp3) is 0.250. The maximum absolute atomic E-state index is 2.16. The van der Waals surface area contributed by atoms with Gasteiger partial charge in [0.1, 0.15) is 0 Å². The molecule has 0 saturated carbocycles. The van der Waals surface area contributed by atoms with Crippen molar-refractivity contribution in [3.05, 3.63) is 24.3 Å². The van der Waals surface area contributed by atoms with Gasteiger partial charge in [-0.3, -0.25) is 0 Å². The Morgan fingerprint density at radius 1 is 1.10 bits per heavy atom. The summed E-state index contributed by atoms with van der Waals surface area (Å²) in [6.07, 6.45) is 0. The maximum atomic E-state index is 2.16. The van der Waals surface area contributed by atoms with Crippen LogP contribution in [0.2, 0.25) is 0 Å². The van der Waals surface area contributed by atoms with Crippen molar-refractivity contribution >= 4 is 31.8 Å². The molecule has 0 N–H and O–H groups in total. The van der Waals surface area contributed by atoms with Gasteiger partial charge in [0.15, 0.2) is 0 Å². The summed E-state index contributed by atoms with van der Waals surface area (Å²) >= 11 is 1.48. The van der Waals surface area contributed by atoms with Crippen molar-refractivity contribution < 1.29 is 0 Å². The standard InChI is InChI=1S/C8H10N.Sn/c1-9(2)8-6-4-3-5-7-8;/h4-7H,1-2H3;.